The van der Waals surface area contributed by atoms with Gasteiger partial charge in [0.2, 0.25) is 0 Å². The first-order chi connectivity index (χ1) is 17.1. The molecule has 1 N–H and O–H groups in total. The van der Waals surface area contributed by atoms with Gasteiger partial charge >= 0.3 is 0 Å². The molecule has 0 aliphatic carbocycles. The number of rotatable bonds is 10. The van der Waals surface area contributed by atoms with Crippen LogP contribution in [0.1, 0.15) is 96.6 Å². The SMILES string of the molecule is CC(C)=CCC/C(C)=C/Cc1c(OC(C)(C)C)ccc(C(=O)/C=C/c2ccc(OC(C)(C)C)cc2)c1O. The van der Waals surface area contributed by atoms with Gasteiger partial charge in [-0.2, -0.15) is 0 Å². The van der Waals surface area contributed by atoms with Crippen LogP contribution in [0, 0.1) is 0 Å². The topological polar surface area (TPSA) is 55.8 Å². The second kappa shape index (κ2) is 12.8. The molecule has 4 heteroatoms. The number of phenols is 1. The molecule has 0 saturated heterocycles. The number of allylic oxidation sites excluding steroid dienone is 5. The molecule has 0 spiro atoms. The van der Waals surface area contributed by atoms with Gasteiger partial charge < -0.3 is 14.6 Å². The highest BCUT2D eigenvalue weighted by molar-refractivity contribution is 6.09. The average Bonchev–Trinajstić information content (AvgIpc) is 2.76. The van der Waals surface area contributed by atoms with Crippen LogP contribution in [-0.4, -0.2) is 22.1 Å². The van der Waals surface area contributed by atoms with Gasteiger partial charge in [0.15, 0.2) is 5.78 Å². The van der Waals surface area contributed by atoms with Crippen molar-refractivity contribution in [1.29, 1.82) is 0 Å². The lowest BCUT2D eigenvalue weighted by Crippen LogP contribution is -2.23. The van der Waals surface area contributed by atoms with Crippen molar-refractivity contribution in [3.05, 3.63) is 82.5 Å². The molecule has 0 fully saturated rings. The molecule has 0 aromatic heterocycles. The monoisotopic (exact) mass is 504 g/mol. The number of hydrogen-bond donors (Lipinski definition) is 1. The van der Waals surface area contributed by atoms with Crippen molar-refractivity contribution in [3.63, 3.8) is 0 Å². The van der Waals surface area contributed by atoms with Crippen LogP contribution in [0.15, 0.2) is 65.8 Å². The Kier molecular flexibility index (Phi) is 10.4. The van der Waals surface area contributed by atoms with E-state index < -0.39 is 5.60 Å². The Morgan fingerprint density at radius 3 is 2.05 bits per heavy atom. The molecule has 2 aromatic rings. The molecule has 2 aromatic carbocycles. The van der Waals surface area contributed by atoms with Gasteiger partial charge in [-0.15, -0.1) is 0 Å². The molecule has 0 aliphatic rings. The highest BCUT2D eigenvalue weighted by atomic mass is 16.5. The first-order valence-corrected chi connectivity index (χ1v) is 13.0. The summed E-state index contributed by atoms with van der Waals surface area (Å²) in [7, 11) is 0. The highest BCUT2D eigenvalue weighted by Gasteiger charge is 2.20. The average molecular weight is 505 g/mol. The Labute approximate surface area is 223 Å². The Morgan fingerprint density at radius 2 is 1.49 bits per heavy atom. The number of carbonyl (C=O) groups excluding carboxylic acids is 1. The fraction of sp³-hybridized carbons (Fsp3) is 0.424. The molecule has 0 atom stereocenters. The minimum atomic E-state index is -0.433. The van der Waals surface area contributed by atoms with Gasteiger partial charge in [0.1, 0.15) is 28.5 Å². The largest absolute Gasteiger partial charge is 0.507 e. The standard InChI is InChI=1S/C33H44O4/c1-23(2)11-10-12-24(3)13-19-28-30(37-33(7,8)9)22-20-27(31(28)35)29(34)21-16-25-14-17-26(18-15-25)36-32(4,5)6/h11,13-18,20-22,35H,10,12,19H2,1-9H3/b21-16+,24-13+. The summed E-state index contributed by atoms with van der Waals surface area (Å²) < 4.78 is 12.0. The maximum Gasteiger partial charge on any atom is 0.189 e. The predicted molar refractivity (Wildman–Crippen MR) is 155 cm³/mol. The van der Waals surface area contributed by atoms with E-state index in [0.29, 0.717) is 17.7 Å². The number of carbonyl (C=O) groups is 1. The van der Waals surface area contributed by atoms with Crippen LogP contribution in [0.4, 0.5) is 0 Å². The van der Waals surface area contributed by atoms with E-state index in [0.717, 1.165) is 24.2 Å². The zero-order chi connectivity index (χ0) is 27.8. The number of hydrogen-bond acceptors (Lipinski definition) is 4. The molecule has 2 rings (SSSR count). The second-order valence-corrected chi connectivity index (χ2v) is 11.7. The molecule has 0 aliphatic heterocycles. The lowest BCUT2D eigenvalue weighted by atomic mass is 9.99. The number of ketones is 1. The van der Waals surface area contributed by atoms with E-state index in [1.807, 2.05) is 65.8 Å². The van der Waals surface area contributed by atoms with E-state index in [1.54, 1.807) is 18.2 Å². The Hall–Kier alpha value is -3.27. The van der Waals surface area contributed by atoms with Crippen molar-refractivity contribution in [2.75, 3.05) is 0 Å². The summed E-state index contributed by atoms with van der Waals surface area (Å²) in [5, 5.41) is 11.2. The summed E-state index contributed by atoms with van der Waals surface area (Å²) >= 11 is 0. The first-order valence-electron chi connectivity index (χ1n) is 13.0. The molecule has 0 amide bonds. The molecule has 200 valence electrons. The van der Waals surface area contributed by atoms with Gasteiger partial charge in [0, 0.05) is 5.56 Å². The van der Waals surface area contributed by atoms with Crippen molar-refractivity contribution >= 4 is 11.9 Å². The molecule has 0 bridgehead atoms. The third kappa shape index (κ3) is 10.7. The fourth-order valence-electron chi connectivity index (χ4n) is 3.67. The maximum absolute atomic E-state index is 13.1. The van der Waals surface area contributed by atoms with Crippen molar-refractivity contribution in [2.45, 2.75) is 92.8 Å². The smallest absolute Gasteiger partial charge is 0.189 e. The van der Waals surface area contributed by atoms with Crippen LogP contribution in [0.25, 0.3) is 6.08 Å². The summed E-state index contributed by atoms with van der Waals surface area (Å²) in [6.07, 6.45) is 9.97. The van der Waals surface area contributed by atoms with Gasteiger partial charge in [-0.1, -0.05) is 41.5 Å². The molecule has 0 heterocycles. The van der Waals surface area contributed by atoms with Gasteiger partial charge in [-0.25, -0.2) is 0 Å². The third-order valence-corrected chi connectivity index (χ3v) is 5.40. The van der Waals surface area contributed by atoms with Crippen molar-refractivity contribution < 1.29 is 19.4 Å². The van der Waals surface area contributed by atoms with E-state index in [9.17, 15) is 9.90 Å². The normalized spacial score (nSPS) is 12.5. The van der Waals surface area contributed by atoms with E-state index in [1.165, 1.54) is 17.2 Å². The van der Waals surface area contributed by atoms with E-state index in [2.05, 4.69) is 32.9 Å². The first kappa shape index (κ1) is 30.0. The quantitative estimate of drug-likeness (QED) is 0.199. The molecule has 37 heavy (non-hydrogen) atoms. The minimum Gasteiger partial charge on any atom is -0.507 e. The van der Waals surface area contributed by atoms with Crippen molar-refractivity contribution in [3.8, 4) is 17.2 Å². The number of phenolic OH excluding ortho intramolecular Hbond substituents is 1. The molecule has 0 radical (unpaired) electrons. The molecule has 0 saturated carbocycles. The molecular formula is C33H44O4. The second-order valence-electron chi connectivity index (χ2n) is 11.7. The van der Waals surface area contributed by atoms with Crippen LogP contribution in [-0.2, 0) is 6.42 Å². The molecule has 4 nitrogen and oxygen atoms in total. The minimum absolute atomic E-state index is 0.0290. The van der Waals surface area contributed by atoms with E-state index in [4.69, 9.17) is 9.47 Å². The van der Waals surface area contributed by atoms with E-state index >= 15 is 0 Å². The van der Waals surface area contributed by atoms with Crippen LogP contribution in [0.3, 0.4) is 0 Å². The van der Waals surface area contributed by atoms with Gasteiger partial charge in [0.25, 0.3) is 0 Å². The predicted octanol–water partition coefficient (Wildman–Crippen LogP) is 8.88. The number of benzene rings is 2. The Morgan fingerprint density at radius 1 is 0.865 bits per heavy atom. The summed E-state index contributed by atoms with van der Waals surface area (Å²) in [5.74, 6) is 1.07. The number of aromatic hydroxyl groups is 1. The third-order valence-electron chi connectivity index (χ3n) is 5.40. The van der Waals surface area contributed by atoms with Crippen LogP contribution in [0.5, 0.6) is 17.2 Å². The van der Waals surface area contributed by atoms with Crippen molar-refractivity contribution in [2.24, 2.45) is 0 Å². The maximum atomic E-state index is 13.1. The molecular weight excluding hydrogens is 460 g/mol. The van der Waals surface area contributed by atoms with Crippen LogP contribution in [0.2, 0.25) is 0 Å². The number of ether oxygens (including phenoxy) is 2. The van der Waals surface area contributed by atoms with Crippen molar-refractivity contribution in [1.82, 2.24) is 0 Å². The molecule has 0 unspecified atom stereocenters. The van der Waals surface area contributed by atoms with E-state index in [-0.39, 0.29) is 22.7 Å². The zero-order valence-electron chi connectivity index (χ0n) is 24.1. The van der Waals surface area contributed by atoms with Gasteiger partial charge in [0.05, 0.1) is 5.56 Å². The van der Waals surface area contributed by atoms with Crippen LogP contribution >= 0.6 is 0 Å². The lowest BCUT2D eigenvalue weighted by molar-refractivity contribution is 0.104. The summed E-state index contributed by atoms with van der Waals surface area (Å²) in [5.41, 5.74) is 3.59. The van der Waals surface area contributed by atoms with Crippen LogP contribution < -0.4 is 9.47 Å². The summed E-state index contributed by atoms with van der Waals surface area (Å²) in [4.78, 5) is 13.1. The summed E-state index contributed by atoms with van der Waals surface area (Å²) in [6, 6.07) is 11.0. The fourth-order valence-corrected chi connectivity index (χ4v) is 3.67. The Bertz CT molecular complexity index is 1150. The van der Waals surface area contributed by atoms with Gasteiger partial charge in [-0.3, -0.25) is 4.79 Å². The summed E-state index contributed by atoms with van der Waals surface area (Å²) in [6.45, 7) is 18.2. The highest BCUT2D eigenvalue weighted by Crippen LogP contribution is 2.35. The van der Waals surface area contributed by atoms with Gasteiger partial charge in [-0.05, 0) is 117 Å². The Balaban J connectivity index is 2.28. The lowest BCUT2D eigenvalue weighted by Gasteiger charge is -2.24. The zero-order valence-corrected chi connectivity index (χ0v) is 24.1.